The van der Waals surface area contributed by atoms with E-state index in [1.807, 2.05) is 63.2 Å². The Morgan fingerprint density at radius 1 is 0.894 bits per heavy atom. The molecule has 2 N–H and O–H groups in total. The van der Waals surface area contributed by atoms with Crippen LogP contribution in [-0.2, 0) is 16.8 Å². The van der Waals surface area contributed by atoms with E-state index < -0.39 is 35.4 Å². The molecule has 8 heteroatoms. The summed E-state index contributed by atoms with van der Waals surface area (Å²) in [6.07, 6.45) is 1.64. The smallest absolute Gasteiger partial charge is 0.326 e. The fourth-order valence-corrected chi connectivity index (χ4v) is 6.66. The summed E-state index contributed by atoms with van der Waals surface area (Å²) in [5.41, 5.74) is 2.84. The zero-order valence-electron chi connectivity index (χ0n) is 28.2. The number of carbonyl (C=O) groups is 2. The van der Waals surface area contributed by atoms with Gasteiger partial charge in [0.15, 0.2) is 0 Å². The van der Waals surface area contributed by atoms with Crippen LogP contribution in [0.5, 0.6) is 17.4 Å². The first-order chi connectivity index (χ1) is 22.3. The lowest BCUT2D eigenvalue weighted by Crippen LogP contribution is -2.48. The minimum atomic E-state index is -1.09. The molecule has 47 heavy (non-hydrogen) atoms. The average molecular weight is 636 g/mol. The lowest BCUT2D eigenvalue weighted by atomic mass is 9.72. The largest absolute Gasteiger partial charge is 0.496 e. The van der Waals surface area contributed by atoms with E-state index in [4.69, 9.17) is 9.47 Å². The quantitative estimate of drug-likeness (QED) is 0.195. The van der Waals surface area contributed by atoms with E-state index in [0.29, 0.717) is 23.7 Å². The summed E-state index contributed by atoms with van der Waals surface area (Å²) in [4.78, 5) is 33.5. The number of carboxylic acid groups (broad SMARTS) is 1. The molecule has 3 aromatic carbocycles. The predicted molar refractivity (Wildman–Crippen MR) is 183 cm³/mol. The number of hydrogen-bond acceptors (Lipinski definition) is 6. The minimum absolute atomic E-state index is 0.0648. The molecule has 2 heterocycles. The number of likely N-dealkylation sites (tertiary alicyclic amines) is 1. The number of carboxylic acids is 1. The maximum Gasteiger partial charge on any atom is 0.326 e. The van der Waals surface area contributed by atoms with Crippen molar-refractivity contribution < 1.29 is 24.2 Å². The topological polar surface area (TPSA) is 101 Å². The monoisotopic (exact) mass is 635 g/mol. The zero-order valence-corrected chi connectivity index (χ0v) is 28.2. The Kier molecular flexibility index (Phi) is 9.73. The molecule has 0 radical (unpaired) electrons. The van der Waals surface area contributed by atoms with Crippen molar-refractivity contribution in [1.29, 1.82) is 0 Å². The Bertz CT molecular complexity index is 1680. The molecule has 0 saturated carbocycles. The van der Waals surface area contributed by atoms with Gasteiger partial charge in [0.1, 0.15) is 17.5 Å². The molecule has 0 unspecified atom stereocenters. The standard InChI is InChI=1S/C39H45N3O5/c1-38(2,3)28-18-21-30(46-7)27(23-28)24-41-33-32(39(4,5)6)35(37(44)45)42(34(33)25-13-9-8-10-14-25)36(43)26-16-19-29(20-17-26)47-31-15-11-12-22-40-31/h8-23,32-35,41H,24H2,1-7H3,(H,44,45)/t32-,33-,34-,35-/m0/s1. The van der Waals surface area contributed by atoms with Gasteiger partial charge in [-0.15, -0.1) is 0 Å². The normalized spacial score (nSPS) is 19.8. The lowest BCUT2D eigenvalue weighted by molar-refractivity contribution is -0.144. The van der Waals surface area contributed by atoms with Crippen LogP contribution in [0.2, 0.25) is 0 Å². The number of rotatable bonds is 9. The van der Waals surface area contributed by atoms with E-state index in [0.717, 1.165) is 16.9 Å². The van der Waals surface area contributed by atoms with E-state index in [9.17, 15) is 14.7 Å². The van der Waals surface area contributed by atoms with Crippen LogP contribution in [0, 0.1) is 11.3 Å². The summed E-state index contributed by atoms with van der Waals surface area (Å²) in [5.74, 6) is -0.115. The van der Waals surface area contributed by atoms with Crippen molar-refractivity contribution in [1.82, 2.24) is 15.2 Å². The molecular formula is C39H45N3O5. The molecule has 1 aliphatic heterocycles. The van der Waals surface area contributed by atoms with Gasteiger partial charge < -0.3 is 24.8 Å². The zero-order chi connectivity index (χ0) is 33.9. The molecule has 1 fully saturated rings. The lowest BCUT2D eigenvalue weighted by Gasteiger charge is -2.35. The number of hydrogen-bond donors (Lipinski definition) is 2. The highest BCUT2D eigenvalue weighted by atomic mass is 16.5. The highest BCUT2D eigenvalue weighted by Crippen LogP contribution is 2.49. The number of methoxy groups -OCH3 is 1. The van der Waals surface area contributed by atoms with Gasteiger partial charge >= 0.3 is 5.97 Å². The molecule has 0 spiro atoms. The fourth-order valence-electron chi connectivity index (χ4n) is 6.66. The van der Waals surface area contributed by atoms with Crippen LogP contribution >= 0.6 is 0 Å². The van der Waals surface area contributed by atoms with Crippen LogP contribution in [0.15, 0.2) is 97.2 Å². The fraction of sp³-hybridized carbons (Fsp3) is 0.359. The molecular weight excluding hydrogens is 590 g/mol. The molecule has 0 aliphatic carbocycles. The molecule has 1 amide bonds. The Balaban J connectivity index is 1.56. The first-order valence-corrected chi connectivity index (χ1v) is 16.0. The Morgan fingerprint density at radius 2 is 1.57 bits per heavy atom. The number of aromatic nitrogens is 1. The van der Waals surface area contributed by atoms with Crippen LogP contribution in [0.3, 0.4) is 0 Å². The number of benzene rings is 3. The van der Waals surface area contributed by atoms with Crippen molar-refractivity contribution in [3.8, 4) is 17.4 Å². The van der Waals surface area contributed by atoms with E-state index in [1.54, 1.807) is 54.6 Å². The second-order valence-electron chi connectivity index (χ2n) is 14.2. The number of nitrogens with zero attached hydrogens (tertiary/aromatic N) is 2. The Hall–Kier alpha value is -4.69. The van der Waals surface area contributed by atoms with Gasteiger partial charge in [-0.05, 0) is 58.4 Å². The molecule has 1 aromatic heterocycles. The number of aliphatic carboxylic acids is 1. The predicted octanol–water partition coefficient (Wildman–Crippen LogP) is 7.65. The van der Waals surface area contributed by atoms with Crippen LogP contribution < -0.4 is 14.8 Å². The summed E-state index contributed by atoms with van der Waals surface area (Å²) in [6, 6.07) is 26.0. The van der Waals surface area contributed by atoms with Gasteiger partial charge in [0, 0.05) is 41.9 Å². The third kappa shape index (κ3) is 7.33. The molecule has 8 nitrogen and oxygen atoms in total. The van der Waals surface area contributed by atoms with Gasteiger partial charge in [0.25, 0.3) is 5.91 Å². The second-order valence-corrected chi connectivity index (χ2v) is 14.2. The maximum atomic E-state index is 14.5. The van der Waals surface area contributed by atoms with Gasteiger partial charge in [-0.1, -0.05) is 90.1 Å². The van der Waals surface area contributed by atoms with Gasteiger partial charge in [-0.25, -0.2) is 9.78 Å². The van der Waals surface area contributed by atoms with E-state index >= 15 is 0 Å². The highest BCUT2D eigenvalue weighted by Gasteiger charge is 2.58. The third-order valence-electron chi connectivity index (χ3n) is 8.93. The van der Waals surface area contributed by atoms with Crippen LogP contribution in [0.1, 0.15) is 74.6 Å². The summed E-state index contributed by atoms with van der Waals surface area (Å²) in [5, 5.41) is 14.6. The third-order valence-corrected chi connectivity index (χ3v) is 8.93. The number of amides is 1. The van der Waals surface area contributed by atoms with Crippen molar-refractivity contribution >= 4 is 11.9 Å². The molecule has 0 bridgehead atoms. The van der Waals surface area contributed by atoms with Crippen molar-refractivity contribution in [3.05, 3.63) is 119 Å². The summed E-state index contributed by atoms with van der Waals surface area (Å²) < 4.78 is 11.6. The number of ether oxygens (including phenoxy) is 2. The van der Waals surface area contributed by atoms with Crippen LogP contribution in [0.25, 0.3) is 0 Å². The Labute approximate surface area is 277 Å². The van der Waals surface area contributed by atoms with Crippen LogP contribution in [-0.4, -0.2) is 46.1 Å². The van der Waals surface area contributed by atoms with Gasteiger partial charge in [-0.3, -0.25) is 4.79 Å². The molecule has 5 rings (SSSR count). The number of pyridine rings is 1. The van der Waals surface area contributed by atoms with Crippen molar-refractivity contribution in [3.63, 3.8) is 0 Å². The van der Waals surface area contributed by atoms with Gasteiger partial charge in [0.05, 0.1) is 13.2 Å². The highest BCUT2D eigenvalue weighted by molar-refractivity contribution is 5.97. The van der Waals surface area contributed by atoms with E-state index in [-0.39, 0.29) is 11.3 Å². The summed E-state index contributed by atoms with van der Waals surface area (Å²) in [6.45, 7) is 13.1. The molecule has 1 aliphatic rings. The second kappa shape index (κ2) is 13.6. The molecule has 246 valence electrons. The van der Waals surface area contributed by atoms with Crippen molar-refractivity contribution in [2.45, 2.75) is 71.6 Å². The number of nitrogens with one attached hydrogen (secondary N) is 1. The van der Waals surface area contributed by atoms with Crippen molar-refractivity contribution in [2.75, 3.05) is 7.11 Å². The van der Waals surface area contributed by atoms with Gasteiger partial charge in [-0.2, -0.15) is 0 Å². The maximum absolute atomic E-state index is 14.5. The van der Waals surface area contributed by atoms with E-state index in [1.165, 1.54) is 5.56 Å². The summed E-state index contributed by atoms with van der Waals surface area (Å²) in [7, 11) is 1.66. The Morgan fingerprint density at radius 3 is 2.15 bits per heavy atom. The summed E-state index contributed by atoms with van der Waals surface area (Å²) >= 11 is 0. The SMILES string of the molecule is COc1ccc(C(C)(C)C)cc1CN[C@H]1[C@H](C(C)(C)C)[C@@H](C(=O)O)N(C(=O)c2ccc(Oc3ccccn3)cc2)[C@H]1c1ccccc1. The minimum Gasteiger partial charge on any atom is -0.496 e. The molecule has 1 saturated heterocycles. The van der Waals surface area contributed by atoms with Gasteiger partial charge in [0.2, 0.25) is 5.88 Å². The molecule has 4 aromatic rings. The first-order valence-electron chi connectivity index (χ1n) is 16.0. The first kappa shape index (κ1) is 33.7. The van der Waals surface area contributed by atoms with Crippen molar-refractivity contribution in [2.24, 2.45) is 11.3 Å². The van der Waals surface area contributed by atoms with E-state index in [2.05, 4.69) is 43.2 Å². The molecule has 4 atom stereocenters. The average Bonchev–Trinajstić information content (AvgIpc) is 3.40. The number of carbonyl (C=O) groups excluding carboxylic acids is 1. The van der Waals surface area contributed by atoms with Crippen LogP contribution in [0.4, 0.5) is 0 Å².